The lowest BCUT2D eigenvalue weighted by Gasteiger charge is -2.44. The highest BCUT2D eigenvalue weighted by Gasteiger charge is 2.92. The first-order valence-electron chi connectivity index (χ1n) is 6.39. The van der Waals surface area contributed by atoms with Crippen LogP contribution in [0.1, 0.15) is 32.6 Å². The molecule has 18 heavy (non-hydrogen) atoms. The molecule has 0 aromatic rings. The Morgan fingerprint density at radius 3 is 2.44 bits per heavy atom. The highest BCUT2D eigenvalue weighted by molar-refractivity contribution is 6.37. The van der Waals surface area contributed by atoms with E-state index in [1.807, 2.05) is 6.92 Å². The first-order valence-corrected chi connectivity index (χ1v) is 6.77. The van der Waals surface area contributed by atoms with Crippen LogP contribution in [0.25, 0.3) is 0 Å². The minimum atomic E-state index is -1.19. The molecular formula is C13H15ClO4. The summed E-state index contributed by atoms with van der Waals surface area (Å²) in [5.41, 5.74) is -1.93. The van der Waals surface area contributed by atoms with Crippen molar-refractivity contribution in [2.45, 2.75) is 49.2 Å². The molecule has 4 rings (SSSR count). The number of methoxy groups -OCH3 is 1. The predicted molar refractivity (Wildman–Crippen MR) is 62.2 cm³/mol. The fourth-order valence-electron chi connectivity index (χ4n) is 4.45. The Morgan fingerprint density at radius 1 is 1.39 bits per heavy atom. The van der Waals surface area contributed by atoms with E-state index in [1.165, 1.54) is 7.11 Å². The van der Waals surface area contributed by atoms with Crippen molar-refractivity contribution < 1.29 is 19.1 Å². The number of halogens is 1. The van der Waals surface area contributed by atoms with Gasteiger partial charge in [-0.3, -0.25) is 9.59 Å². The van der Waals surface area contributed by atoms with E-state index in [4.69, 9.17) is 21.1 Å². The number of ketones is 1. The maximum Gasteiger partial charge on any atom is 0.330 e. The lowest BCUT2D eigenvalue weighted by Crippen LogP contribution is -2.64. The standard InChI is InChI=1S/C13H15ClO4/c1-10-11(3-4-11)7(15)8(18-10)12(5-6-12)13(10,14)9(16)17-2/h8H,3-6H2,1-2H3/t8-,10+,13-/m0/s1. The summed E-state index contributed by atoms with van der Waals surface area (Å²) < 4.78 is 10.9. The van der Waals surface area contributed by atoms with Crippen molar-refractivity contribution in [1.29, 1.82) is 0 Å². The summed E-state index contributed by atoms with van der Waals surface area (Å²) in [6, 6.07) is 0. The number of alkyl halides is 1. The molecule has 98 valence electrons. The zero-order valence-corrected chi connectivity index (χ0v) is 11.2. The van der Waals surface area contributed by atoms with Gasteiger partial charge in [0.1, 0.15) is 11.7 Å². The number of esters is 1. The van der Waals surface area contributed by atoms with Crippen LogP contribution in [0.15, 0.2) is 0 Å². The topological polar surface area (TPSA) is 52.6 Å². The molecule has 2 heterocycles. The number of carbonyl (C=O) groups excluding carboxylic acids is 2. The third-order valence-corrected chi connectivity index (χ3v) is 6.72. The maximum atomic E-state index is 12.5. The van der Waals surface area contributed by atoms with Gasteiger partial charge in [0.2, 0.25) is 0 Å². The van der Waals surface area contributed by atoms with Crippen molar-refractivity contribution in [3.63, 3.8) is 0 Å². The molecule has 0 N–H and O–H groups in total. The number of fused-ring (bicyclic) bond motifs is 4. The van der Waals surface area contributed by atoms with Gasteiger partial charge >= 0.3 is 5.97 Å². The highest BCUT2D eigenvalue weighted by Crippen LogP contribution is 2.81. The van der Waals surface area contributed by atoms with E-state index in [0.29, 0.717) is 0 Å². The van der Waals surface area contributed by atoms with Crippen molar-refractivity contribution in [3.05, 3.63) is 0 Å². The zero-order valence-electron chi connectivity index (χ0n) is 10.4. The Labute approximate surface area is 110 Å². The molecule has 4 aliphatic rings. The van der Waals surface area contributed by atoms with Crippen LogP contribution in [0.4, 0.5) is 0 Å². The SMILES string of the molecule is COC(=O)[C@@]1(Cl)C2(CC2)[C@H]2O[C@]1(C)C1(CC1)C2=O. The summed E-state index contributed by atoms with van der Waals surface area (Å²) >= 11 is 6.75. The smallest absolute Gasteiger partial charge is 0.330 e. The molecule has 2 spiro atoms. The van der Waals surface area contributed by atoms with E-state index in [-0.39, 0.29) is 5.78 Å². The molecule has 2 aliphatic heterocycles. The highest BCUT2D eigenvalue weighted by atomic mass is 35.5. The molecule has 3 atom stereocenters. The number of ether oxygens (including phenoxy) is 2. The molecule has 0 aromatic heterocycles. The summed E-state index contributed by atoms with van der Waals surface area (Å²) in [4.78, 5) is 23.5. The summed E-state index contributed by atoms with van der Waals surface area (Å²) in [6.07, 6.45) is 2.60. The van der Waals surface area contributed by atoms with Gasteiger partial charge in [-0.05, 0) is 32.6 Å². The molecule has 4 fully saturated rings. The van der Waals surface area contributed by atoms with Gasteiger partial charge in [0.25, 0.3) is 0 Å². The zero-order chi connectivity index (χ0) is 13.0. The number of carbonyl (C=O) groups is 2. The lowest BCUT2D eigenvalue weighted by atomic mass is 9.61. The van der Waals surface area contributed by atoms with Crippen molar-refractivity contribution >= 4 is 23.4 Å². The minimum absolute atomic E-state index is 0.169. The first-order chi connectivity index (χ1) is 8.40. The van der Waals surface area contributed by atoms with Gasteiger partial charge in [-0.15, -0.1) is 11.6 Å². The molecule has 2 bridgehead atoms. The summed E-state index contributed by atoms with van der Waals surface area (Å²) in [5.74, 6) is -0.270. The van der Waals surface area contributed by atoms with Crippen LogP contribution in [0, 0.1) is 10.8 Å². The normalized spacial score (nSPS) is 48.8. The van der Waals surface area contributed by atoms with Crippen LogP contribution in [0.2, 0.25) is 0 Å². The molecule has 4 nitrogen and oxygen atoms in total. The monoisotopic (exact) mass is 270 g/mol. The quantitative estimate of drug-likeness (QED) is 0.534. The third-order valence-electron chi connectivity index (χ3n) is 5.83. The van der Waals surface area contributed by atoms with Crippen LogP contribution in [-0.2, 0) is 19.1 Å². The lowest BCUT2D eigenvalue weighted by molar-refractivity contribution is -0.153. The Bertz CT molecular complexity index is 493. The van der Waals surface area contributed by atoms with E-state index in [0.717, 1.165) is 25.7 Å². The number of hydrogen-bond acceptors (Lipinski definition) is 4. The van der Waals surface area contributed by atoms with Gasteiger partial charge in [0, 0.05) is 5.41 Å². The average Bonchev–Trinajstić information content (AvgIpc) is 3.23. The van der Waals surface area contributed by atoms with Crippen molar-refractivity contribution in [2.75, 3.05) is 7.11 Å². The first kappa shape index (κ1) is 11.2. The second-order valence-electron chi connectivity index (χ2n) is 6.28. The Morgan fingerprint density at radius 2 is 2.00 bits per heavy atom. The van der Waals surface area contributed by atoms with Crippen molar-refractivity contribution in [2.24, 2.45) is 10.8 Å². The Balaban J connectivity index is 1.94. The van der Waals surface area contributed by atoms with Gasteiger partial charge in [0.15, 0.2) is 10.7 Å². The van der Waals surface area contributed by atoms with Crippen LogP contribution >= 0.6 is 11.6 Å². The van der Waals surface area contributed by atoms with Gasteiger partial charge < -0.3 is 9.47 Å². The average molecular weight is 271 g/mol. The van der Waals surface area contributed by atoms with Crippen LogP contribution in [-0.4, -0.2) is 35.4 Å². The van der Waals surface area contributed by atoms with Crippen molar-refractivity contribution in [3.8, 4) is 0 Å². The van der Waals surface area contributed by atoms with Crippen LogP contribution < -0.4 is 0 Å². The van der Waals surface area contributed by atoms with Crippen LogP contribution in [0.5, 0.6) is 0 Å². The predicted octanol–water partition coefficient (Wildman–Crippen LogP) is 1.44. The number of hydrogen-bond donors (Lipinski definition) is 0. The molecule has 0 unspecified atom stereocenters. The molecular weight excluding hydrogens is 256 g/mol. The summed E-state index contributed by atoms with van der Waals surface area (Å²) in [6.45, 7) is 1.83. The Hall–Kier alpha value is -0.610. The maximum absolute atomic E-state index is 12.5. The number of rotatable bonds is 1. The van der Waals surface area contributed by atoms with Gasteiger partial charge in [-0.2, -0.15) is 0 Å². The van der Waals surface area contributed by atoms with Gasteiger partial charge in [-0.1, -0.05) is 0 Å². The fourth-order valence-corrected chi connectivity index (χ4v) is 5.04. The molecule has 2 saturated heterocycles. The van der Waals surface area contributed by atoms with E-state index >= 15 is 0 Å². The van der Waals surface area contributed by atoms with E-state index < -0.39 is 33.4 Å². The van der Waals surface area contributed by atoms with E-state index in [1.54, 1.807) is 0 Å². The molecule has 0 amide bonds. The van der Waals surface area contributed by atoms with Crippen LogP contribution in [0.3, 0.4) is 0 Å². The van der Waals surface area contributed by atoms with Gasteiger partial charge in [-0.25, -0.2) is 0 Å². The third kappa shape index (κ3) is 0.745. The van der Waals surface area contributed by atoms with E-state index in [9.17, 15) is 9.59 Å². The second-order valence-corrected chi connectivity index (χ2v) is 6.85. The molecule has 2 saturated carbocycles. The Kier molecular flexibility index (Phi) is 1.64. The summed E-state index contributed by atoms with van der Waals surface area (Å²) in [5, 5.41) is 0. The van der Waals surface area contributed by atoms with Crippen molar-refractivity contribution in [1.82, 2.24) is 0 Å². The molecule has 0 radical (unpaired) electrons. The number of Topliss-reactive ketones (excluding diaryl/α,β-unsaturated/α-hetero) is 1. The molecule has 2 aliphatic carbocycles. The second kappa shape index (κ2) is 2.63. The minimum Gasteiger partial charge on any atom is -0.468 e. The van der Waals surface area contributed by atoms with Gasteiger partial charge in [0.05, 0.1) is 12.5 Å². The summed E-state index contributed by atoms with van der Waals surface area (Å²) in [7, 11) is 1.35. The molecule has 5 heteroatoms. The fraction of sp³-hybridized carbons (Fsp3) is 0.846. The largest absolute Gasteiger partial charge is 0.468 e. The van der Waals surface area contributed by atoms with E-state index in [2.05, 4.69) is 0 Å². The molecule has 0 aromatic carbocycles.